The molecule has 4 rings (SSSR count). The van der Waals surface area contributed by atoms with Gasteiger partial charge in [0.05, 0.1) is 18.4 Å². The van der Waals surface area contributed by atoms with E-state index < -0.39 is 6.17 Å². The van der Waals surface area contributed by atoms with Crippen LogP contribution in [0.15, 0.2) is 72.2 Å². The van der Waals surface area contributed by atoms with Crippen LogP contribution in [0.2, 0.25) is 5.02 Å². The highest BCUT2D eigenvalue weighted by atomic mass is 35.5. The standard InChI is InChI=1S/C19H15ClN4O.ClH/c1-23-9-10-24(12-23)18-19(25)21-16-8-7-14(20)11-15(16)17(22-18)13-5-3-2-4-6-13;/h2-12,18H,1H3;1H. The van der Waals surface area contributed by atoms with Gasteiger partial charge in [0.25, 0.3) is 12.1 Å². The lowest BCUT2D eigenvalue weighted by molar-refractivity contribution is -0.671. The van der Waals surface area contributed by atoms with Crippen LogP contribution in [0.4, 0.5) is 5.69 Å². The number of nitrogens with one attached hydrogen (secondary N) is 1. The predicted octanol–water partition coefficient (Wildman–Crippen LogP) is -0.0417. The fourth-order valence-corrected chi connectivity index (χ4v) is 3.08. The molecule has 0 saturated heterocycles. The molecule has 0 aliphatic carbocycles. The second-order valence-corrected chi connectivity index (χ2v) is 6.36. The molecule has 0 saturated carbocycles. The van der Waals surface area contributed by atoms with E-state index in [0.29, 0.717) is 10.7 Å². The van der Waals surface area contributed by atoms with Gasteiger partial charge < -0.3 is 17.7 Å². The Morgan fingerprint density at radius 1 is 1.19 bits per heavy atom. The molecule has 132 valence electrons. The van der Waals surface area contributed by atoms with Crippen LogP contribution in [0.3, 0.4) is 0 Å². The number of amides is 1. The molecule has 0 spiro atoms. The molecular formula is C19H16Cl2N4O. The minimum absolute atomic E-state index is 0. The summed E-state index contributed by atoms with van der Waals surface area (Å²) in [6.07, 6.45) is 4.85. The van der Waals surface area contributed by atoms with E-state index in [1.165, 1.54) is 0 Å². The number of benzodiazepines with no additional fused rings is 1. The molecule has 7 heteroatoms. The highest BCUT2D eigenvalue weighted by molar-refractivity contribution is 6.32. The summed E-state index contributed by atoms with van der Waals surface area (Å²) in [4.78, 5) is 17.6. The number of hydrogen-bond acceptors (Lipinski definition) is 2. The molecule has 1 atom stereocenters. The van der Waals surface area contributed by atoms with E-state index in [2.05, 4.69) is 5.32 Å². The number of anilines is 1. The molecule has 0 bridgehead atoms. The molecule has 2 aromatic carbocycles. The van der Waals surface area contributed by atoms with Crippen LogP contribution >= 0.6 is 11.6 Å². The third-order valence-electron chi connectivity index (χ3n) is 4.10. The maximum absolute atomic E-state index is 12.8. The number of rotatable bonds is 2. The zero-order valence-electron chi connectivity index (χ0n) is 13.9. The molecule has 1 amide bonds. The molecule has 1 unspecified atom stereocenters. The Bertz CT molecular complexity index is 982. The van der Waals surface area contributed by atoms with Crippen LogP contribution in [0.25, 0.3) is 0 Å². The molecular weight excluding hydrogens is 371 g/mol. The Balaban J connectivity index is 0.00000196. The highest BCUT2D eigenvalue weighted by Gasteiger charge is 2.30. The largest absolute Gasteiger partial charge is 1.00 e. The summed E-state index contributed by atoms with van der Waals surface area (Å²) in [7, 11) is 1.90. The molecule has 1 aliphatic rings. The number of carbonyl (C=O) groups excluding carboxylic acids is 1. The molecule has 0 radical (unpaired) electrons. The van der Waals surface area contributed by atoms with Crippen LogP contribution in [-0.2, 0) is 11.8 Å². The van der Waals surface area contributed by atoms with Crippen molar-refractivity contribution < 1.29 is 21.8 Å². The summed E-state index contributed by atoms with van der Waals surface area (Å²) in [6, 6.07) is 15.2. The highest BCUT2D eigenvalue weighted by Crippen LogP contribution is 2.29. The van der Waals surface area contributed by atoms with Crippen molar-refractivity contribution in [2.45, 2.75) is 6.17 Å². The van der Waals surface area contributed by atoms with Gasteiger partial charge in [-0.05, 0) is 18.2 Å². The van der Waals surface area contributed by atoms with E-state index in [4.69, 9.17) is 16.6 Å². The van der Waals surface area contributed by atoms with Gasteiger partial charge in [-0.1, -0.05) is 41.9 Å². The van der Waals surface area contributed by atoms with Gasteiger partial charge in [0, 0.05) is 16.1 Å². The van der Waals surface area contributed by atoms with E-state index in [0.717, 1.165) is 16.8 Å². The van der Waals surface area contributed by atoms with Gasteiger partial charge in [0.15, 0.2) is 0 Å². The lowest BCUT2D eigenvalue weighted by Gasteiger charge is -2.10. The summed E-state index contributed by atoms with van der Waals surface area (Å²) in [5.74, 6) is -0.189. The number of halogens is 2. The predicted molar refractivity (Wildman–Crippen MR) is 96.8 cm³/mol. The van der Waals surface area contributed by atoms with Gasteiger partial charge in [-0.25, -0.2) is 14.1 Å². The topological polar surface area (TPSA) is 50.3 Å². The maximum Gasteiger partial charge on any atom is 0.293 e. The lowest BCUT2D eigenvalue weighted by atomic mass is 10.0. The Hall–Kier alpha value is -2.63. The number of fused-ring (bicyclic) bond motifs is 1. The van der Waals surface area contributed by atoms with Crippen molar-refractivity contribution in [3.8, 4) is 0 Å². The molecule has 3 aromatic rings. The molecule has 26 heavy (non-hydrogen) atoms. The van der Waals surface area contributed by atoms with Crippen molar-refractivity contribution in [1.82, 2.24) is 4.57 Å². The number of aliphatic imine (C=N–C) groups is 1. The SMILES string of the molecule is C[n+]1ccn(C2N=C(c3ccccc3)c3cc(Cl)ccc3NC2=O)c1.[Cl-]. The van der Waals surface area contributed by atoms with Crippen molar-refractivity contribution in [2.75, 3.05) is 5.32 Å². The number of benzene rings is 2. The zero-order valence-corrected chi connectivity index (χ0v) is 15.4. The molecule has 1 aromatic heterocycles. The number of carbonyl (C=O) groups is 1. The first-order valence-corrected chi connectivity index (χ1v) is 8.26. The maximum atomic E-state index is 12.8. The van der Waals surface area contributed by atoms with Gasteiger partial charge >= 0.3 is 0 Å². The Morgan fingerprint density at radius 3 is 2.65 bits per heavy atom. The van der Waals surface area contributed by atoms with E-state index in [9.17, 15) is 4.79 Å². The second-order valence-electron chi connectivity index (χ2n) is 5.92. The first kappa shape index (κ1) is 18.2. The van der Waals surface area contributed by atoms with Crippen LogP contribution in [0.5, 0.6) is 0 Å². The summed E-state index contributed by atoms with van der Waals surface area (Å²) in [5.41, 5.74) is 3.18. The molecule has 1 N–H and O–H groups in total. The Morgan fingerprint density at radius 2 is 1.96 bits per heavy atom. The van der Waals surface area contributed by atoms with Crippen molar-refractivity contribution >= 4 is 28.9 Å². The van der Waals surface area contributed by atoms with Gasteiger partial charge in [0.2, 0.25) is 6.33 Å². The molecule has 1 aliphatic heterocycles. The monoisotopic (exact) mass is 386 g/mol. The number of imidazole rings is 1. The number of nitrogens with zero attached hydrogens (tertiary/aromatic N) is 3. The minimum Gasteiger partial charge on any atom is -1.00 e. The van der Waals surface area contributed by atoms with Gasteiger partial charge in [-0.3, -0.25) is 4.79 Å². The third kappa shape index (κ3) is 3.36. The zero-order chi connectivity index (χ0) is 17.4. The van der Waals surface area contributed by atoms with Crippen LogP contribution < -0.4 is 22.3 Å². The summed E-state index contributed by atoms with van der Waals surface area (Å²) in [5, 5.41) is 3.56. The van der Waals surface area contributed by atoms with Crippen LogP contribution in [-0.4, -0.2) is 16.2 Å². The smallest absolute Gasteiger partial charge is 0.293 e. The van der Waals surface area contributed by atoms with Crippen LogP contribution in [0.1, 0.15) is 17.3 Å². The fourth-order valence-electron chi connectivity index (χ4n) is 2.91. The fraction of sp³-hybridized carbons (Fsp3) is 0.105. The van der Waals surface area contributed by atoms with Gasteiger partial charge in [0.1, 0.15) is 12.4 Å². The van der Waals surface area contributed by atoms with E-state index >= 15 is 0 Å². The number of aryl methyl sites for hydroxylation is 1. The normalized spacial score (nSPS) is 16.0. The third-order valence-corrected chi connectivity index (χ3v) is 4.33. The van der Waals surface area contributed by atoms with Crippen LogP contribution in [0, 0.1) is 0 Å². The van der Waals surface area contributed by atoms with Gasteiger partial charge in [-0.15, -0.1) is 0 Å². The Kier molecular flexibility index (Phi) is 5.11. The Labute approximate surface area is 162 Å². The minimum atomic E-state index is -0.692. The van der Waals surface area contributed by atoms with Crippen molar-refractivity contribution in [3.63, 3.8) is 0 Å². The average molecular weight is 387 g/mol. The number of aromatic nitrogens is 2. The summed E-state index contributed by atoms with van der Waals surface area (Å²) >= 11 is 6.20. The molecule has 5 nitrogen and oxygen atoms in total. The lowest BCUT2D eigenvalue weighted by Crippen LogP contribution is -3.00. The molecule has 2 heterocycles. The average Bonchev–Trinajstić information content (AvgIpc) is 2.98. The first-order chi connectivity index (χ1) is 12.1. The van der Waals surface area contributed by atoms with E-state index in [1.54, 1.807) is 10.6 Å². The summed E-state index contributed by atoms with van der Waals surface area (Å²) < 4.78 is 3.66. The number of hydrogen-bond donors (Lipinski definition) is 1. The van der Waals surface area contributed by atoms with Crippen molar-refractivity contribution in [1.29, 1.82) is 0 Å². The summed E-state index contributed by atoms with van der Waals surface area (Å²) in [6.45, 7) is 0. The van der Waals surface area contributed by atoms with Crippen molar-refractivity contribution in [2.24, 2.45) is 12.0 Å². The van der Waals surface area contributed by atoms with Gasteiger partial charge in [-0.2, -0.15) is 0 Å². The van der Waals surface area contributed by atoms with E-state index in [1.807, 2.05) is 72.8 Å². The molecule has 0 fully saturated rings. The first-order valence-electron chi connectivity index (χ1n) is 7.88. The quantitative estimate of drug-likeness (QED) is 0.617. The second kappa shape index (κ2) is 7.32. The van der Waals surface area contributed by atoms with E-state index in [-0.39, 0.29) is 18.3 Å². The van der Waals surface area contributed by atoms with Crippen molar-refractivity contribution in [3.05, 3.63) is 83.4 Å².